The predicted octanol–water partition coefficient (Wildman–Crippen LogP) is 3.90. The first-order valence-corrected chi connectivity index (χ1v) is 16.2. The normalized spacial score (nSPS) is 22.7. The summed E-state index contributed by atoms with van der Waals surface area (Å²) >= 11 is 0. The molecule has 1 aromatic heterocycles. The molecule has 0 unspecified atom stereocenters. The van der Waals surface area contributed by atoms with Gasteiger partial charge in [0.05, 0.1) is 5.22 Å². The molecule has 0 N–H and O–H groups in total. The second-order valence-electron chi connectivity index (χ2n) is 12.8. The van der Waals surface area contributed by atoms with Gasteiger partial charge in [-0.1, -0.05) is 24.8 Å². The van der Waals surface area contributed by atoms with E-state index in [-0.39, 0.29) is 29.7 Å². The minimum absolute atomic E-state index is 0.0419. The van der Waals surface area contributed by atoms with E-state index >= 15 is 4.39 Å². The number of aromatic nitrogens is 2. The van der Waals surface area contributed by atoms with Crippen LogP contribution in [0.25, 0.3) is 12.0 Å². The monoisotopic (exact) mass is 584 g/mol. The van der Waals surface area contributed by atoms with Crippen LogP contribution in [-0.4, -0.2) is 76.7 Å². The lowest BCUT2D eigenvalue weighted by Crippen LogP contribution is -2.55. The number of aliphatic imine (C=N–C) groups is 1. The Hall–Kier alpha value is -3.39. The van der Waals surface area contributed by atoms with Gasteiger partial charge < -0.3 is 9.80 Å². The Bertz CT molecular complexity index is 1510. The first-order chi connectivity index (χ1) is 20.9. The molecule has 3 fully saturated rings. The third kappa shape index (κ3) is 5.91. The van der Waals surface area contributed by atoms with Crippen LogP contribution >= 0.6 is 0 Å². The number of carbonyl (C=O) groups excluding carboxylic acids is 1. The number of fused-ring (bicyclic) bond motifs is 2. The number of hydrogen-bond acceptors (Lipinski definition) is 6. The average molecular weight is 585 g/mol. The van der Waals surface area contributed by atoms with Crippen molar-refractivity contribution in [2.75, 3.05) is 37.6 Å². The smallest absolute Gasteiger partial charge is 0.246 e. The summed E-state index contributed by atoms with van der Waals surface area (Å²) in [6.45, 7) is 13.5. The molecule has 0 bridgehead atoms. The van der Waals surface area contributed by atoms with Crippen LogP contribution in [0.5, 0.6) is 0 Å². The van der Waals surface area contributed by atoms with E-state index in [1.165, 1.54) is 62.4 Å². The second-order valence-corrected chi connectivity index (χ2v) is 12.8. The lowest BCUT2D eigenvalue weighted by Gasteiger charge is -2.40. The van der Waals surface area contributed by atoms with Crippen molar-refractivity contribution in [1.82, 2.24) is 19.8 Å². The van der Waals surface area contributed by atoms with Crippen LogP contribution in [0.3, 0.4) is 0 Å². The van der Waals surface area contributed by atoms with Crippen molar-refractivity contribution in [3.05, 3.63) is 63.9 Å². The number of piperazine rings is 1. The molecule has 3 saturated heterocycles. The van der Waals surface area contributed by atoms with E-state index in [1.807, 2.05) is 11.8 Å². The summed E-state index contributed by atoms with van der Waals surface area (Å²) < 4.78 is 16.6. The van der Waals surface area contributed by atoms with E-state index in [4.69, 9.17) is 9.97 Å². The van der Waals surface area contributed by atoms with Crippen molar-refractivity contribution in [1.29, 1.82) is 0 Å². The van der Waals surface area contributed by atoms with Crippen molar-refractivity contribution < 1.29 is 9.18 Å². The Morgan fingerprint density at radius 2 is 1.91 bits per heavy atom. The van der Waals surface area contributed by atoms with Crippen LogP contribution in [0.4, 0.5) is 10.2 Å². The zero-order chi connectivity index (χ0) is 30.0. The lowest BCUT2D eigenvalue weighted by atomic mass is 9.87. The van der Waals surface area contributed by atoms with Crippen molar-refractivity contribution in [3.63, 3.8) is 0 Å². The molecule has 4 heterocycles. The summed E-state index contributed by atoms with van der Waals surface area (Å²) in [4.78, 5) is 33.2. The topological polar surface area (TPSA) is 64.9 Å². The molecule has 7 nitrogen and oxygen atoms in total. The number of halogens is 1. The molecule has 4 aliphatic rings. The fraction of sp³-hybridized carbons (Fsp3) is 0.543. The fourth-order valence-electron chi connectivity index (χ4n) is 8.12. The Labute approximate surface area is 254 Å². The summed E-state index contributed by atoms with van der Waals surface area (Å²) in [6, 6.07) is 6.26. The maximum Gasteiger partial charge on any atom is 0.246 e. The van der Waals surface area contributed by atoms with Crippen LogP contribution in [0.1, 0.15) is 74.4 Å². The highest BCUT2D eigenvalue weighted by Gasteiger charge is 2.43. The van der Waals surface area contributed by atoms with Gasteiger partial charge >= 0.3 is 0 Å². The summed E-state index contributed by atoms with van der Waals surface area (Å²) in [5, 5.41) is 0.892. The van der Waals surface area contributed by atoms with Crippen LogP contribution in [0.15, 0.2) is 35.8 Å². The van der Waals surface area contributed by atoms with Gasteiger partial charge in [-0.05, 0) is 107 Å². The van der Waals surface area contributed by atoms with Gasteiger partial charge in [-0.2, -0.15) is 0 Å². The largest absolute Gasteiger partial charge is 0.352 e. The van der Waals surface area contributed by atoms with Gasteiger partial charge in [-0.3, -0.25) is 14.7 Å². The number of aryl methyl sites for hydroxylation is 2. The molecule has 2 aromatic rings. The molecule has 8 heteroatoms. The Balaban J connectivity index is 1.41. The van der Waals surface area contributed by atoms with Gasteiger partial charge in [0.15, 0.2) is 0 Å². The van der Waals surface area contributed by atoms with Crippen LogP contribution in [0.2, 0.25) is 0 Å². The van der Waals surface area contributed by atoms with E-state index in [0.717, 1.165) is 31.2 Å². The van der Waals surface area contributed by atoms with Gasteiger partial charge in [-0.15, -0.1) is 0 Å². The van der Waals surface area contributed by atoms with Gasteiger partial charge in [-0.25, -0.2) is 14.4 Å². The van der Waals surface area contributed by atoms with E-state index < -0.39 is 0 Å². The summed E-state index contributed by atoms with van der Waals surface area (Å²) in [7, 11) is 0. The summed E-state index contributed by atoms with van der Waals surface area (Å²) in [5.74, 6) is 1.04. The zero-order valence-corrected chi connectivity index (χ0v) is 25.7. The lowest BCUT2D eigenvalue weighted by molar-refractivity contribution is -0.128. The number of nitrogens with zero attached hydrogens (tertiary/aromatic N) is 6. The first-order valence-electron chi connectivity index (χ1n) is 16.2. The van der Waals surface area contributed by atoms with E-state index in [0.29, 0.717) is 48.3 Å². The molecule has 6 rings (SSSR count). The minimum atomic E-state index is -0.256. The number of benzene rings is 1. The molecule has 0 saturated carbocycles. The van der Waals surface area contributed by atoms with Crippen molar-refractivity contribution in [2.45, 2.75) is 89.1 Å². The number of anilines is 1. The molecule has 1 aliphatic carbocycles. The molecule has 228 valence electrons. The Morgan fingerprint density at radius 3 is 2.65 bits per heavy atom. The quantitative estimate of drug-likeness (QED) is 0.348. The molecule has 0 radical (unpaired) electrons. The summed E-state index contributed by atoms with van der Waals surface area (Å²) in [5.41, 5.74) is 3.92. The van der Waals surface area contributed by atoms with Crippen LogP contribution in [0, 0.1) is 0 Å². The fourth-order valence-corrected chi connectivity index (χ4v) is 8.12. The zero-order valence-electron chi connectivity index (χ0n) is 25.7. The van der Waals surface area contributed by atoms with Crippen LogP contribution in [-0.2, 0) is 30.5 Å². The van der Waals surface area contributed by atoms with E-state index in [9.17, 15) is 4.79 Å². The molecule has 0 spiro atoms. The third-order valence-electron chi connectivity index (χ3n) is 10.3. The average Bonchev–Trinajstić information content (AvgIpc) is 3.61. The predicted molar refractivity (Wildman–Crippen MR) is 171 cm³/mol. The highest BCUT2D eigenvalue weighted by atomic mass is 19.1. The maximum absolute atomic E-state index is 16.6. The number of hydrogen-bond donors (Lipinski definition) is 0. The molecular weight excluding hydrogens is 539 g/mol. The second kappa shape index (κ2) is 12.7. The van der Waals surface area contributed by atoms with Crippen molar-refractivity contribution in [3.8, 4) is 0 Å². The number of amides is 1. The molecule has 1 amide bonds. The van der Waals surface area contributed by atoms with Gasteiger partial charge in [0.1, 0.15) is 22.8 Å². The highest BCUT2D eigenvalue weighted by molar-refractivity contribution is 5.87. The van der Waals surface area contributed by atoms with E-state index in [1.54, 1.807) is 6.20 Å². The van der Waals surface area contributed by atoms with Gasteiger partial charge in [0.25, 0.3) is 0 Å². The van der Waals surface area contributed by atoms with Gasteiger partial charge in [0, 0.05) is 50.3 Å². The van der Waals surface area contributed by atoms with Crippen molar-refractivity contribution >= 4 is 30.5 Å². The number of rotatable bonds is 8. The minimum Gasteiger partial charge on any atom is -0.352 e. The first kappa shape index (κ1) is 29.7. The maximum atomic E-state index is 16.6. The molecular formula is C35H45FN6O. The standard InChI is InChI=1S/C35H45FN6O/c1-4-32(43)42-21-20-40(24-25(42)2)34-29(23-37-3)33(30(36)22-27-12-7-11-26-10-5-6-13-28(26)27)38-31(39-34)14-17-35-15-8-18-41(35)19-9-16-35/h4,7,11-12,23,25H,1,3,5-6,8-10,13-22,24H2,2H3/b29-23+,33-30-/t25-/m0/s1. The molecule has 1 aromatic carbocycles. The van der Waals surface area contributed by atoms with Gasteiger partial charge in [0.2, 0.25) is 5.91 Å². The highest BCUT2D eigenvalue weighted by Crippen LogP contribution is 2.41. The SMILES string of the molecule is C=CC(=O)N1CCN(c2nc(CCC34CCCN3CCC4)nc(=C(\F)Cc3cccc4c3CCCC4)/c2=C\N=C)C[C@@H]1C. The van der Waals surface area contributed by atoms with Crippen LogP contribution < -0.4 is 15.5 Å². The summed E-state index contributed by atoms with van der Waals surface area (Å²) in [6.07, 6.45) is 14.2. The Kier molecular flexibility index (Phi) is 8.75. The Morgan fingerprint density at radius 1 is 1.12 bits per heavy atom. The van der Waals surface area contributed by atoms with Crippen molar-refractivity contribution in [2.24, 2.45) is 4.99 Å². The number of carbonyl (C=O) groups is 1. The molecule has 1 atom stereocenters. The molecule has 3 aliphatic heterocycles. The third-order valence-corrected chi connectivity index (χ3v) is 10.3. The molecule has 43 heavy (non-hydrogen) atoms. The van der Waals surface area contributed by atoms with E-state index in [2.05, 4.69) is 46.3 Å².